The lowest BCUT2D eigenvalue weighted by Gasteiger charge is -2.13. The molecule has 0 N–H and O–H groups in total. The van der Waals surface area contributed by atoms with Crippen molar-refractivity contribution >= 4 is 27.4 Å². The first-order valence-corrected chi connectivity index (χ1v) is 7.44. The Hall–Kier alpha value is -1.45. The van der Waals surface area contributed by atoms with Crippen molar-refractivity contribution < 1.29 is 26.7 Å². The standard InChI is InChI=1S/C10H11ClFNO6S/c1-6(19-20(2,16)17)5-18-10-8(13(14)15)4-3-7(12)9(10)11/h3-4,6H,5H2,1-2H3/t6-/m1/s1. The third-order valence-electron chi connectivity index (χ3n) is 2.03. The van der Waals surface area contributed by atoms with Crippen LogP contribution in [0.2, 0.25) is 5.02 Å². The van der Waals surface area contributed by atoms with E-state index in [0.29, 0.717) is 0 Å². The van der Waals surface area contributed by atoms with Crippen LogP contribution in [0.3, 0.4) is 0 Å². The molecule has 0 amide bonds. The van der Waals surface area contributed by atoms with Crippen LogP contribution in [0.1, 0.15) is 6.92 Å². The van der Waals surface area contributed by atoms with Crippen molar-refractivity contribution in [2.75, 3.05) is 12.9 Å². The van der Waals surface area contributed by atoms with Gasteiger partial charge in [-0.2, -0.15) is 8.42 Å². The highest BCUT2D eigenvalue weighted by Gasteiger charge is 2.23. The monoisotopic (exact) mass is 327 g/mol. The Labute approximate surface area is 119 Å². The van der Waals surface area contributed by atoms with E-state index in [4.69, 9.17) is 16.3 Å². The number of nitro benzene ring substituents is 1. The molecule has 1 aromatic rings. The Kier molecular flexibility index (Phi) is 5.26. The second-order valence-corrected chi connectivity index (χ2v) is 5.87. The van der Waals surface area contributed by atoms with Gasteiger partial charge in [-0.25, -0.2) is 4.39 Å². The molecule has 112 valence electrons. The average Bonchev–Trinajstić information content (AvgIpc) is 2.28. The van der Waals surface area contributed by atoms with E-state index in [0.717, 1.165) is 18.4 Å². The van der Waals surface area contributed by atoms with Gasteiger partial charge in [-0.1, -0.05) is 11.6 Å². The minimum Gasteiger partial charge on any atom is -0.483 e. The van der Waals surface area contributed by atoms with Gasteiger partial charge in [-0.3, -0.25) is 14.3 Å². The van der Waals surface area contributed by atoms with Gasteiger partial charge in [0.25, 0.3) is 10.1 Å². The topological polar surface area (TPSA) is 95.7 Å². The number of nitro groups is 1. The maximum atomic E-state index is 13.3. The summed E-state index contributed by atoms with van der Waals surface area (Å²) in [5, 5.41) is 10.2. The third-order valence-corrected chi connectivity index (χ3v) is 3.06. The summed E-state index contributed by atoms with van der Waals surface area (Å²) < 4.78 is 44.6. The molecule has 0 saturated carbocycles. The average molecular weight is 328 g/mol. The highest BCUT2D eigenvalue weighted by Crippen LogP contribution is 2.36. The number of hydrogen-bond acceptors (Lipinski definition) is 6. The molecule has 0 bridgehead atoms. The predicted molar refractivity (Wildman–Crippen MR) is 69.0 cm³/mol. The molecule has 0 aromatic heterocycles. The van der Waals surface area contributed by atoms with Crippen LogP contribution in [0.5, 0.6) is 5.75 Å². The zero-order valence-electron chi connectivity index (χ0n) is 10.5. The van der Waals surface area contributed by atoms with Crippen molar-refractivity contribution in [2.24, 2.45) is 0 Å². The number of nitrogens with zero attached hydrogens (tertiary/aromatic N) is 1. The normalized spacial score (nSPS) is 13.0. The van der Waals surface area contributed by atoms with Crippen molar-refractivity contribution in [2.45, 2.75) is 13.0 Å². The van der Waals surface area contributed by atoms with E-state index in [1.807, 2.05) is 0 Å². The van der Waals surface area contributed by atoms with Crippen molar-refractivity contribution in [3.8, 4) is 5.75 Å². The first-order chi connectivity index (χ1) is 9.11. The molecule has 0 aliphatic rings. The van der Waals surface area contributed by atoms with E-state index >= 15 is 0 Å². The summed E-state index contributed by atoms with van der Waals surface area (Å²) in [5.41, 5.74) is -0.525. The Balaban J connectivity index is 2.92. The van der Waals surface area contributed by atoms with Gasteiger partial charge in [0.15, 0.2) is 0 Å². The van der Waals surface area contributed by atoms with Crippen molar-refractivity contribution in [1.29, 1.82) is 0 Å². The summed E-state index contributed by atoms with van der Waals surface area (Å²) in [5.74, 6) is -1.36. The maximum Gasteiger partial charge on any atom is 0.312 e. The summed E-state index contributed by atoms with van der Waals surface area (Å²) >= 11 is 5.60. The zero-order valence-corrected chi connectivity index (χ0v) is 12.1. The molecule has 0 heterocycles. The van der Waals surface area contributed by atoms with E-state index in [2.05, 4.69) is 4.18 Å². The van der Waals surface area contributed by atoms with Crippen LogP contribution in [-0.4, -0.2) is 32.3 Å². The fraction of sp³-hybridized carbons (Fsp3) is 0.400. The van der Waals surface area contributed by atoms with Gasteiger partial charge in [0, 0.05) is 6.07 Å². The molecule has 10 heteroatoms. The van der Waals surface area contributed by atoms with Crippen LogP contribution < -0.4 is 4.74 Å². The summed E-state index contributed by atoms with van der Waals surface area (Å²) in [6, 6.07) is 1.74. The number of halogens is 2. The van der Waals surface area contributed by atoms with Gasteiger partial charge in [0.1, 0.15) is 23.6 Å². The molecule has 1 rings (SSSR count). The Morgan fingerprint density at radius 1 is 1.50 bits per heavy atom. The van der Waals surface area contributed by atoms with Gasteiger partial charge in [-0.05, 0) is 13.0 Å². The third kappa shape index (κ3) is 4.58. The van der Waals surface area contributed by atoms with E-state index in [1.54, 1.807) is 0 Å². The van der Waals surface area contributed by atoms with Crippen LogP contribution in [0.15, 0.2) is 12.1 Å². The second kappa shape index (κ2) is 6.33. The number of hydrogen-bond donors (Lipinski definition) is 0. The first kappa shape index (κ1) is 16.6. The summed E-state index contributed by atoms with van der Waals surface area (Å²) in [7, 11) is -3.69. The molecule has 0 fully saturated rings. The fourth-order valence-corrected chi connectivity index (χ4v) is 2.20. The van der Waals surface area contributed by atoms with Gasteiger partial charge in [0.05, 0.1) is 11.2 Å². The van der Waals surface area contributed by atoms with Gasteiger partial charge >= 0.3 is 5.69 Å². The molecule has 0 radical (unpaired) electrons. The number of ether oxygens (including phenoxy) is 1. The van der Waals surface area contributed by atoms with Gasteiger partial charge in [-0.15, -0.1) is 0 Å². The largest absolute Gasteiger partial charge is 0.483 e. The molecule has 0 aliphatic heterocycles. The van der Waals surface area contributed by atoms with E-state index < -0.39 is 43.4 Å². The fourth-order valence-electron chi connectivity index (χ4n) is 1.33. The van der Waals surface area contributed by atoms with E-state index in [9.17, 15) is 22.9 Å². The van der Waals surface area contributed by atoms with Crippen molar-refractivity contribution in [3.05, 3.63) is 33.1 Å². The maximum absolute atomic E-state index is 13.3. The molecule has 1 atom stereocenters. The Morgan fingerprint density at radius 3 is 2.60 bits per heavy atom. The first-order valence-electron chi connectivity index (χ1n) is 5.25. The molecular formula is C10H11ClFNO6S. The van der Waals surface area contributed by atoms with Crippen molar-refractivity contribution in [3.63, 3.8) is 0 Å². The molecular weight excluding hydrogens is 317 g/mol. The lowest BCUT2D eigenvalue weighted by molar-refractivity contribution is -0.385. The molecule has 0 saturated heterocycles. The minimum atomic E-state index is -3.69. The van der Waals surface area contributed by atoms with E-state index in [-0.39, 0.29) is 6.61 Å². The molecule has 20 heavy (non-hydrogen) atoms. The van der Waals surface area contributed by atoms with Crippen LogP contribution in [0, 0.1) is 15.9 Å². The second-order valence-electron chi connectivity index (χ2n) is 3.89. The van der Waals surface area contributed by atoms with Crippen LogP contribution >= 0.6 is 11.6 Å². The summed E-state index contributed by atoms with van der Waals surface area (Å²) in [6.45, 7) is 1.02. The molecule has 0 unspecified atom stereocenters. The van der Waals surface area contributed by atoms with Crippen LogP contribution in [0.4, 0.5) is 10.1 Å². The van der Waals surface area contributed by atoms with Gasteiger partial charge in [0.2, 0.25) is 5.75 Å². The van der Waals surface area contributed by atoms with Crippen LogP contribution in [-0.2, 0) is 14.3 Å². The number of rotatable bonds is 6. The van der Waals surface area contributed by atoms with Crippen LogP contribution in [0.25, 0.3) is 0 Å². The Morgan fingerprint density at radius 2 is 2.10 bits per heavy atom. The molecule has 7 nitrogen and oxygen atoms in total. The SMILES string of the molecule is C[C@H](COc1c([N+](=O)[O-])ccc(F)c1Cl)OS(C)(=O)=O. The predicted octanol–water partition coefficient (Wildman–Crippen LogP) is 2.13. The molecule has 0 aliphatic carbocycles. The number of benzene rings is 1. The quantitative estimate of drug-likeness (QED) is 0.451. The minimum absolute atomic E-state index is 0.350. The lowest BCUT2D eigenvalue weighted by Crippen LogP contribution is -2.21. The van der Waals surface area contributed by atoms with Crippen molar-refractivity contribution in [1.82, 2.24) is 0 Å². The smallest absolute Gasteiger partial charge is 0.312 e. The highest BCUT2D eigenvalue weighted by molar-refractivity contribution is 7.86. The summed E-state index contributed by atoms with van der Waals surface area (Å²) in [4.78, 5) is 9.99. The molecule has 0 spiro atoms. The zero-order chi connectivity index (χ0) is 15.5. The van der Waals surface area contributed by atoms with Gasteiger partial charge < -0.3 is 4.74 Å². The highest BCUT2D eigenvalue weighted by atomic mass is 35.5. The summed E-state index contributed by atoms with van der Waals surface area (Å²) in [6.07, 6.45) is -0.0647. The van der Waals surface area contributed by atoms with E-state index in [1.165, 1.54) is 6.92 Å². The molecule has 1 aromatic carbocycles. The Bertz CT molecular complexity index is 620. The lowest BCUT2D eigenvalue weighted by atomic mass is 10.3.